The third-order valence-corrected chi connectivity index (χ3v) is 3.40. The van der Waals surface area contributed by atoms with Crippen LogP contribution in [0.15, 0.2) is 18.2 Å². The van der Waals surface area contributed by atoms with E-state index in [1.165, 1.54) is 6.92 Å². The molecule has 6 heteroatoms. The molecule has 0 aliphatic heterocycles. The molecule has 20 heavy (non-hydrogen) atoms. The molecule has 1 aromatic rings. The van der Waals surface area contributed by atoms with Crippen molar-refractivity contribution in [2.24, 2.45) is 0 Å². The smallest absolute Gasteiger partial charge is 0.245 e. The number of hydrogen-bond donors (Lipinski definition) is 2. The van der Waals surface area contributed by atoms with Crippen molar-refractivity contribution >= 4 is 35.0 Å². The van der Waals surface area contributed by atoms with Crippen LogP contribution < -0.4 is 10.6 Å². The van der Waals surface area contributed by atoms with Gasteiger partial charge in [0.1, 0.15) is 5.54 Å². The highest BCUT2D eigenvalue weighted by Gasteiger charge is 2.29. The first-order valence-corrected chi connectivity index (χ1v) is 6.93. The van der Waals surface area contributed by atoms with Crippen molar-refractivity contribution in [3.05, 3.63) is 33.8 Å². The minimum Gasteiger partial charge on any atom is -0.348 e. The van der Waals surface area contributed by atoms with E-state index >= 15 is 0 Å². The zero-order valence-electron chi connectivity index (χ0n) is 11.9. The normalized spacial score (nSPS) is 12.7. The van der Waals surface area contributed by atoms with Gasteiger partial charge in [-0.05, 0) is 38.5 Å². The SMILES string of the molecule is CC(=O)NC(C)(C)C(=O)NC(C)c1ccc(Cl)cc1Cl. The summed E-state index contributed by atoms with van der Waals surface area (Å²) in [5.74, 6) is -0.548. The molecule has 1 unspecified atom stereocenters. The molecule has 1 rings (SSSR count). The molecular formula is C14H18Cl2N2O2. The van der Waals surface area contributed by atoms with Crippen LogP contribution in [0.3, 0.4) is 0 Å². The molecule has 1 aromatic carbocycles. The predicted molar refractivity (Wildman–Crippen MR) is 80.9 cm³/mol. The highest BCUT2D eigenvalue weighted by Crippen LogP contribution is 2.26. The first-order valence-electron chi connectivity index (χ1n) is 6.18. The van der Waals surface area contributed by atoms with Crippen molar-refractivity contribution in [3.8, 4) is 0 Å². The lowest BCUT2D eigenvalue weighted by atomic mass is 10.0. The summed E-state index contributed by atoms with van der Waals surface area (Å²) in [4.78, 5) is 23.3. The maximum atomic E-state index is 12.2. The van der Waals surface area contributed by atoms with Crippen molar-refractivity contribution in [3.63, 3.8) is 0 Å². The van der Waals surface area contributed by atoms with Crippen LogP contribution in [0.2, 0.25) is 10.0 Å². The third kappa shape index (κ3) is 4.39. The number of hydrogen-bond acceptors (Lipinski definition) is 2. The second-order valence-electron chi connectivity index (χ2n) is 5.17. The number of carbonyl (C=O) groups is 2. The van der Waals surface area contributed by atoms with E-state index in [0.717, 1.165) is 5.56 Å². The van der Waals surface area contributed by atoms with Gasteiger partial charge < -0.3 is 10.6 Å². The average molecular weight is 317 g/mol. The van der Waals surface area contributed by atoms with Crippen LogP contribution in [0, 0.1) is 0 Å². The molecule has 0 spiro atoms. The highest BCUT2D eigenvalue weighted by molar-refractivity contribution is 6.35. The highest BCUT2D eigenvalue weighted by atomic mass is 35.5. The van der Waals surface area contributed by atoms with Gasteiger partial charge in [0.25, 0.3) is 0 Å². The summed E-state index contributed by atoms with van der Waals surface area (Å²) >= 11 is 11.9. The summed E-state index contributed by atoms with van der Waals surface area (Å²) in [7, 11) is 0. The number of nitrogens with one attached hydrogen (secondary N) is 2. The van der Waals surface area contributed by atoms with Crippen molar-refractivity contribution in [2.45, 2.75) is 39.3 Å². The fraction of sp³-hybridized carbons (Fsp3) is 0.429. The summed E-state index contributed by atoms with van der Waals surface area (Å²) in [6.45, 7) is 6.46. The second-order valence-corrected chi connectivity index (χ2v) is 6.01. The summed E-state index contributed by atoms with van der Waals surface area (Å²) in [6.07, 6.45) is 0. The van der Waals surface area contributed by atoms with Gasteiger partial charge in [0.15, 0.2) is 0 Å². The van der Waals surface area contributed by atoms with E-state index in [-0.39, 0.29) is 17.9 Å². The molecule has 0 heterocycles. The minimum atomic E-state index is -0.987. The van der Waals surface area contributed by atoms with Crippen LogP contribution in [0.4, 0.5) is 0 Å². The topological polar surface area (TPSA) is 58.2 Å². The van der Waals surface area contributed by atoms with Crippen molar-refractivity contribution in [1.82, 2.24) is 10.6 Å². The lowest BCUT2D eigenvalue weighted by Crippen LogP contribution is -2.54. The molecular weight excluding hydrogens is 299 g/mol. The van der Waals surface area contributed by atoms with Crippen LogP contribution in [0.5, 0.6) is 0 Å². The van der Waals surface area contributed by atoms with E-state index in [1.807, 2.05) is 6.92 Å². The largest absolute Gasteiger partial charge is 0.348 e. The van der Waals surface area contributed by atoms with E-state index in [9.17, 15) is 9.59 Å². The molecule has 2 N–H and O–H groups in total. The molecule has 0 saturated heterocycles. The number of benzene rings is 1. The maximum absolute atomic E-state index is 12.2. The molecule has 0 aliphatic carbocycles. The first kappa shape index (κ1) is 16.8. The van der Waals surface area contributed by atoms with Gasteiger partial charge in [-0.2, -0.15) is 0 Å². The number of amides is 2. The Balaban J connectivity index is 2.82. The van der Waals surface area contributed by atoms with Gasteiger partial charge in [-0.15, -0.1) is 0 Å². The van der Waals surface area contributed by atoms with Gasteiger partial charge in [-0.25, -0.2) is 0 Å². The molecule has 0 saturated carbocycles. The summed E-state index contributed by atoms with van der Waals surface area (Å²) in [5.41, 5.74) is -0.220. The Morgan fingerprint density at radius 1 is 1.25 bits per heavy atom. The number of rotatable bonds is 4. The Morgan fingerprint density at radius 3 is 2.35 bits per heavy atom. The van der Waals surface area contributed by atoms with Crippen LogP contribution in [0.1, 0.15) is 39.3 Å². The van der Waals surface area contributed by atoms with E-state index in [4.69, 9.17) is 23.2 Å². The zero-order chi connectivity index (χ0) is 15.5. The Kier molecular flexibility index (Phi) is 5.42. The summed E-state index contributed by atoms with van der Waals surface area (Å²) in [6, 6.07) is 4.81. The second kappa shape index (κ2) is 6.46. The Hall–Kier alpha value is -1.26. The van der Waals surface area contributed by atoms with Crippen LogP contribution >= 0.6 is 23.2 Å². The molecule has 0 aromatic heterocycles. The molecule has 0 aliphatic rings. The van der Waals surface area contributed by atoms with Gasteiger partial charge in [0.05, 0.1) is 6.04 Å². The quantitative estimate of drug-likeness (QED) is 0.896. The van der Waals surface area contributed by atoms with Gasteiger partial charge in [0, 0.05) is 17.0 Å². The molecule has 4 nitrogen and oxygen atoms in total. The molecule has 2 amide bonds. The molecule has 1 atom stereocenters. The van der Waals surface area contributed by atoms with Gasteiger partial charge in [-0.1, -0.05) is 29.3 Å². The van der Waals surface area contributed by atoms with Gasteiger partial charge in [-0.3, -0.25) is 9.59 Å². The van der Waals surface area contributed by atoms with Crippen LogP contribution in [-0.4, -0.2) is 17.4 Å². The molecule has 0 radical (unpaired) electrons. The fourth-order valence-corrected chi connectivity index (χ4v) is 2.38. The van der Waals surface area contributed by atoms with E-state index in [1.54, 1.807) is 32.0 Å². The van der Waals surface area contributed by atoms with Gasteiger partial charge in [0.2, 0.25) is 11.8 Å². The fourth-order valence-electron chi connectivity index (χ4n) is 1.80. The van der Waals surface area contributed by atoms with E-state index < -0.39 is 5.54 Å². The average Bonchev–Trinajstić information content (AvgIpc) is 2.26. The molecule has 0 bridgehead atoms. The first-order chi connectivity index (χ1) is 9.13. The van der Waals surface area contributed by atoms with Crippen molar-refractivity contribution < 1.29 is 9.59 Å². The van der Waals surface area contributed by atoms with E-state index in [2.05, 4.69) is 10.6 Å². The Morgan fingerprint density at radius 2 is 1.85 bits per heavy atom. The molecule has 110 valence electrons. The standard InChI is InChI=1S/C14H18Cl2N2O2/c1-8(11-6-5-10(15)7-12(11)16)17-13(20)14(3,4)18-9(2)19/h5-8H,1-4H3,(H,17,20)(H,18,19). The third-order valence-electron chi connectivity index (χ3n) is 2.83. The van der Waals surface area contributed by atoms with Crippen molar-refractivity contribution in [2.75, 3.05) is 0 Å². The number of halogens is 2. The Labute approximate surface area is 128 Å². The summed E-state index contributed by atoms with van der Waals surface area (Å²) < 4.78 is 0. The minimum absolute atomic E-state index is 0.262. The van der Waals surface area contributed by atoms with Crippen LogP contribution in [0.25, 0.3) is 0 Å². The number of carbonyl (C=O) groups excluding carboxylic acids is 2. The zero-order valence-corrected chi connectivity index (χ0v) is 13.4. The van der Waals surface area contributed by atoms with E-state index in [0.29, 0.717) is 10.0 Å². The monoisotopic (exact) mass is 316 g/mol. The predicted octanol–water partition coefficient (Wildman–Crippen LogP) is 3.09. The lowest BCUT2D eigenvalue weighted by Gasteiger charge is -2.27. The maximum Gasteiger partial charge on any atom is 0.245 e. The van der Waals surface area contributed by atoms with Crippen LogP contribution in [-0.2, 0) is 9.59 Å². The van der Waals surface area contributed by atoms with Gasteiger partial charge >= 0.3 is 0 Å². The molecule has 0 fully saturated rings. The lowest BCUT2D eigenvalue weighted by molar-refractivity contribution is -0.132. The summed E-state index contributed by atoms with van der Waals surface area (Å²) in [5, 5.41) is 6.44. The van der Waals surface area contributed by atoms with Crippen molar-refractivity contribution in [1.29, 1.82) is 0 Å². The Bertz CT molecular complexity index is 530.